The van der Waals surface area contributed by atoms with Crippen LogP contribution in [-0.2, 0) is 36.3 Å². The van der Waals surface area contributed by atoms with Gasteiger partial charge in [0.2, 0.25) is 0 Å². The first-order valence-corrected chi connectivity index (χ1v) is 18.9. The molecule has 0 aliphatic heterocycles. The lowest BCUT2D eigenvalue weighted by molar-refractivity contribution is -0.155. The van der Waals surface area contributed by atoms with Crippen LogP contribution in [0.25, 0.3) is 0 Å². The van der Waals surface area contributed by atoms with E-state index in [-0.39, 0.29) is 29.3 Å². The Hall–Kier alpha value is -2.26. The maximum absolute atomic E-state index is 13.5. The molecule has 0 amide bonds. The van der Waals surface area contributed by atoms with Gasteiger partial charge < -0.3 is 23.4 Å². The summed E-state index contributed by atoms with van der Waals surface area (Å²) >= 11 is 0. The van der Waals surface area contributed by atoms with Crippen molar-refractivity contribution in [2.45, 2.75) is 123 Å². The van der Waals surface area contributed by atoms with Crippen molar-refractivity contribution in [3.05, 3.63) is 58.4 Å². The maximum Gasteiger partial charge on any atom is 0.307 e. The largest absolute Gasteiger partial charge is 0.497 e. The van der Waals surface area contributed by atoms with Crippen molar-refractivity contribution in [1.29, 1.82) is 0 Å². The van der Waals surface area contributed by atoms with E-state index in [1.165, 1.54) is 0 Å². The van der Waals surface area contributed by atoms with E-state index in [0.717, 1.165) is 59.5 Å². The summed E-state index contributed by atoms with van der Waals surface area (Å²) in [6, 6.07) is 10.2. The van der Waals surface area contributed by atoms with Gasteiger partial charge in [-0.05, 0) is 93.4 Å². The molecule has 0 bridgehead atoms. The van der Waals surface area contributed by atoms with E-state index in [0.29, 0.717) is 6.61 Å². The number of aryl methyl sites for hydroxylation is 1. The minimum absolute atomic E-state index is 0.128. The molecule has 0 N–H and O–H groups in total. The standard InChI is InChI=1S/C36H59NO6Si/c1-14-15-16-27-17-19-30(34(40-10)41-11)33(37-27)31(23-32(38)43-35(3,4)5)29-20-18-28(39-9)22-26(29)21-25(2)24-42-44(12,13)36(6,7)8/h17-20,22,25,31,34H,14-16,21,23-24H2,1-13H3/t25-,31-/m0/s1. The van der Waals surface area contributed by atoms with Gasteiger partial charge in [0, 0.05) is 38.0 Å². The van der Waals surface area contributed by atoms with E-state index < -0.39 is 20.2 Å². The Morgan fingerprint density at radius 1 is 0.955 bits per heavy atom. The van der Waals surface area contributed by atoms with Gasteiger partial charge in [-0.1, -0.05) is 53.2 Å². The number of nitrogens with zero attached hydrogens (tertiary/aromatic N) is 1. The van der Waals surface area contributed by atoms with Crippen LogP contribution < -0.4 is 4.74 Å². The summed E-state index contributed by atoms with van der Waals surface area (Å²) in [6.45, 7) is 22.1. The third-order valence-electron chi connectivity index (χ3n) is 8.43. The molecule has 0 unspecified atom stereocenters. The molecule has 0 fully saturated rings. The van der Waals surface area contributed by atoms with E-state index in [1.54, 1.807) is 21.3 Å². The summed E-state index contributed by atoms with van der Waals surface area (Å²) in [7, 11) is 3.01. The molecule has 8 heteroatoms. The molecule has 2 aromatic rings. The smallest absolute Gasteiger partial charge is 0.307 e. The van der Waals surface area contributed by atoms with Crippen LogP contribution in [0.15, 0.2) is 30.3 Å². The normalized spacial score (nSPS) is 14.0. The van der Waals surface area contributed by atoms with Gasteiger partial charge in [0.25, 0.3) is 0 Å². The first kappa shape index (κ1) is 37.9. The Bertz CT molecular complexity index is 1200. The summed E-state index contributed by atoms with van der Waals surface area (Å²) in [5, 5.41) is 0.135. The summed E-state index contributed by atoms with van der Waals surface area (Å²) < 4.78 is 29.6. The second kappa shape index (κ2) is 16.3. The predicted molar refractivity (Wildman–Crippen MR) is 181 cm³/mol. The average molecular weight is 630 g/mol. The monoisotopic (exact) mass is 629 g/mol. The third-order valence-corrected chi connectivity index (χ3v) is 12.9. The van der Waals surface area contributed by atoms with Crippen molar-refractivity contribution in [1.82, 2.24) is 4.98 Å². The molecular formula is C36H59NO6Si. The topological polar surface area (TPSA) is 76.1 Å². The van der Waals surface area contributed by atoms with Crippen molar-refractivity contribution in [2.24, 2.45) is 5.92 Å². The van der Waals surface area contributed by atoms with Gasteiger partial charge in [0.05, 0.1) is 19.2 Å². The quantitative estimate of drug-likeness (QED) is 0.104. The van der Waals surface area contributed by atoms with Crippen molar-refractivity contribution >= 4 is 14.3 Å². The van der Waals surface area contributed by atoms with Crippen molar-refractivity contribution in [2.75, 3.05) is 27.9 Å². The lowest BCUT2D eigenvalue weighted by atomic mass is 9.83. The van der Waals surface area contributed by atoms with E-state index in [2.05, 4.69) is 59.8 Å². The lowest BCUT2D eigenvalue weighted by Crippen LogP contribution is -2.41. The van der Waals surface area contributed by atoms with Gasteiger partial charge in [0.1, 0.15) is 11.4 Å². The third kappa shape index (κ3) is 11.0. The molecule has 0 saturated heterocycles. The Morgan fingerprint density at radius 2 is 1.59 bits per heavy atom. The molecule has 44 heavy (non-hydrogen) atoms. The van der Waals surface area contributed by atoms with Gasteiger partial charge in [-0.2, -0.15) is 0 Å². The molecule has 1 heterocycles. The maximum atomic E-state index is 13.5. The van der Waals surface area contributed by atoms with E-state index in [9.17, 15) is 4.79 Å². The fraction of sp³-hybridized carbons (Fsp3) is 0.667. The number of ether oxygens (including phenoxy) is 4. The van der Waals surface area contributed by atoms with E-state index >= 15 is 0 Å². The molecule has 7 nitrogen and oxygen atoms in total. The highest BCUT2D eigenvalue weighted by atomic mass is 28.4. The zero-order chi connectivity index (χ0) is 33.3. The Morgan fingerprint density at radius 3 is 2.14 bits per heavy atom. The number of methoxy groups -OCH3 is 3. The Kier molecular flexibility index (Phi) is 14.1. The summed E-state index contributed by atoms with van der Waals surface area (Å²) in [6.07, 6.45) is 3.20. The summed E-state index contributed by atoms with van der Waals surface area (Å²) in [5.74, 6) is 0.348. The Labute approximate surface area is 268 Å². The highest BCUT2D eigenvalue weighted by Crippen LogP contribution is 2.39. The van der Waals surface area contributed by atoms with Gasteiger partial charge in [-0.15, -0.1) is 0 Å². The number of esters is 1. The lowest BCUT2D eigenvalue weighted by Gasteiger charge is -2.37. The van der Waals surface area contributed by atoms with Crippen LogP contribution in [0.3, 0.4) is 0 Å². The van der Waals surface area contributed by atoms with E-state index in [4.69, 9.17) is 28.4 Å². The molecule has 0 radical (unpaired) electrons. The molecule has 0 aliphatic rings. The number of hydrogen-bond donors (Lipinski definition) is 0. The van der Waals surface area contributed by atoms with Crippen molar-refractivity contribution in [3.63, 3.8) is 0 Å². The first-order chi connectivity index (χ1) is 20.5. The average Bonchev–Trinajstić information content (AvgIpc) is 2.93. The molecule has 0 spiro atoms. The first-order valence-electron chi connectivity index (χ1n) is 16.0. The van der Waals surface area contributed by atoms with Gasteiger partial charge >= 0.3 is 5.97 Å². The number of carbonyl (C=O) groups excluding carboxylic acids is 1. The zero-order valence-corrected chi connectivity index (χ0v) is 30.8. The number of carbonyl (C=O) groups is 1. The highest BCUT2D eigenvalue weighted by Gasteiger charge is 2.37. The molecule has 0 saturated carbocycles. The van der Waals surface area contributed by atoms with Gasteiger partial charge in [0.15, 0.2) is 14.6 Å². The number of aromatic nitrogens is 1. The zero-order valence-electron chi connectivity index (χ0n) is 29.8. The molecular weight excluding hydrogens is 570 g/mol. The fourth-order valence-corrected chi connectivity index (χ4v) is 6.12. The van der Waals surface area contributed by atoms with Crippen LogP contribution in [-0.4, -0.2) is 52.8 Å². The van der Waals surface area contributed by atoms with Crippen molar-refractivity contribution < 1.29 is 28.2 Å². The van der Waals surface area contributed by atoms with E-state index in [1.807, 2.05) is 39.0 Å². The van der Waals surface area contributed by atoms with Crippen molar-refractivity contribution in [3.8, 4) is 5.75 Å². The van der Waals surface area contributed by atoms with Gasteiger partial charge in [-0.25, -0.2) is 0 Å². The number of benzene rings is 1. The van der Waals surface area contributed by atoms with Crippen LogP contribution in [0.5, 0.6) is 5.75 Å². The second-order valence-corrected chi connectivity index (χ2v) is 19.3. The fourth-order valence-electron chi connectivity index (χ4n) is 4.98. The molecule has 2 atom stereocenters. The minimum Gasteiger partial charge on any atom is -0.497 e. The molecule has 248 valence electrons. The number of hydrogen-bond acceptors (Lipinski definition) is 7. The molecule has 0 aliphatic carbocycles. The number of rotatable bonds is 16. The van der Waals surface area contributed by atoms with Gasteiger partial charge in [-0.3, -0.25) is 9.78 Å². The highest BCUT2D eigenvalue weighted by molar-refractivity contribution is 6.74. The Balaban J connectivity index is 2.70. The van der Waals surface area contributed by atoms with Crippen LogP contribution >= 0.6 is 0 Å². The SMILES string of the molecule is CCCCc1ccc(C(OC)OC)c([C@@H](CC(=O)OC(C)(C)C)c2ccc(OC)cc2C[C@H](C)CO[Si](C)(C)C(C)(C)C)n1. The number of pyridine rings is 1. The van der Waals surface area contributed by atoms with Crippen LogP contribution in [0.2, 0.25) is 18.1 Å². The predicted octanol–water partition coefficient (Wildman–Crippen LogP) is 8.79. The molecule has 1 aromatic heterocycles. The molecule has 2 rings (SSSR count). The van der Waals surface area contributed by atoms with Crippen LogP contribution in [0, 0.1) is 5.92 Å². The molecule has 1 aromatic carbocycles. The van der Waals surface area contributed by atoms with Crippen LogP contribution in [0.4, 0.5) is 0 Å². The van der Waals surface area contributed by atoms with Crippen LogP contribution in [0.1, 0.15) is 115 Å². The second-order valence-electron chi connectivity index (χ2n) is 14.5. The number of unbranched alkanes of at least 4 members (excludes halogenated alkanes) is 1. The summed E-state index contributed by atoms with van der Waals surface area (Å²) in [5.41, 5.74) is 4.07. The summed E-state index contributed by atoms with van der Waals surface area (Å²) in [4.78, 5) is 18.7. The minimum atomic E-state index is -1.91.